The summed E-state index contributed by atoms with van der Waals surface area (Å²) >= 11 is 0. The van der Waals surface area contributed by atoms with Gasteiger partial charge in [-0.2, -0.15) is 0 Å². The minimum atomic E-state index is -0.389. The normalized spacial score (nSPS) is 21.9. The molecule has 1 fully saturated rings. The summed E-state index contributed by atoms with van der Waals surface area (Å²) in [5.41, 5.74) is 2.00. The van der Waals surface area contributed by atoms with E-state index in [9.17, 15) is 9.90 Å². The Morgan fingerprint density at radius 1 is 1.38 bits per heavy atom. The van der Waals surface area contributed by atoms with Crippen LogP contribution in [0.25, 0.3) is 0 Å². The minimum absolute atomic E-state index is 0.0430. The maximum Gasteiger partial charge on any atom is 0.227 e. The average Bonchev–Trinajstić information content (AvgIpc) is 2.49. The molecular weight excluding hydrogens is 266 g/mol. The molecule has 0 spiro atoms. The van der Waals surface area contributed by atoms with Gasteiger partial charge in [-0.05, 0) is 37.0 Å². The maximum absolute atomic E-state index is 12.4. The first-order valence-electron chi connectivity index (χ1n) is 7.60. The molecule has 2 unspecified atom stereocenters. The second-order valence-corrected chi connectivity index (χ2v) is 5.90. The van der Waals surface area contributed by atoms with Gasteiger partial charge in [0.05, 0.1) is 25.7 Å². The van der Waals surface area contributed by atoms with Crippen LogP contribution in [-0.2, 0) is 11.2 Å². The summed E-state index contributed by atoms with van der Waals surface area (Å²) in [4.78, 5) is 14.1. The quantitative estimate of drug-likeness (QED) is 0.926. The van der Waals surface area contributed by atoms with E-state index in [4.69, 9.17) is 4.74 Å². The summed E-state index contributed by atoms with van der Waals surface area (Å²) in [6, 6.07) is 5.80. The predicted octanol–water partition coefficient (Wildman–Crippen LogP) is 2.31. The van der Waals surface area contributed by atoms with Crippen LogP contribution in [0, 0.1) is 6.92 Å². The number of ether oxygens (including phenoxy) is 1. The Balaban J connectivity index is 2.03. The Morgan fingerprint density at radius 2 is 2.10 bits per heavy atom. The fourth-order valence-electron chi connectivity index (χ4n) is 3.00. The number of carbonyl (C=O) groups is 1. The van der Waals surface area contributed by atoms with E-state index in [1.165, 1.54) is 0 Å². The molecule has 0 heterocycles. The summed E-state index contributed by atoms with van der Waals surface area (Å²) in [5.74, 6) is 0.854. The van der Waals surface area contributed by atoms with Crippen molar-refractivity contribution in [2.45, 2.75) is 51.2 Å². The van der Waals surface area contributed by atoms with E-state index >= 15 is 0 Å². The van der Waals surface area contributed by atoms with Gasteiger partial charge in [0, 0.05) is 7.05 Å². The van der Waals surface area contributed by atoms with Gasteiger partial charge in [0.1, 0.15) is 5.75 Å². The van der Waals surface area contributed by atoms with Crippen LogP contribution in [0.3, 0.4) is 0 Å². The SMILES string of the molecule is COc1cc(CC(=O)N(C)C2CCCCC2O)ccc1C. The van der Waals surface area contributed by atoms with Gasteiger partial charge in [0.15, 0.2) is 0 Å². The van der Waals surface area contributed by atoms with E-state index in [0.29, 0.717) is 6.42 Å². The highest BCUT2D eigenvalue weighted by molar-refractivity contribution is 5.79. The van der Waals surface area contributed by atoms with Crippen LogP contribution >= 0.6 is 0 Å². The van der Waals surface area contributed by atoms with Gasteiger partial charge in [0.25, 0.3) is 0 Å². The molecule has 21 heavy (non-hydrogen) atoms. The number of benzene rings is 1. The van der Waals surface area contributed by atoms with E-state index < -0.39 is 0 Å². The second-order valence-electron chi connectivity index (χ2n) is 5.90. The van der Waals surface area contributed by atoms with E-state index in [1.807, 2.05) is 25.1 Å². The van der Waals surface area contributed by atoms with Crippen molar-refractivity contribution in [3.8, 4) is 5.75 Å². The van der Waals surface area contributed by atoms with Crippen molar-refractivity contribution in [2.24, 2.45) is 0 Å². The van der Waals surface area contributed by atoms with Crippen molar-refractivity contribution in [3.63, 3.8) is 0 Å². The first kappa shape index (κ1) is 15.8. The molecule has 2 rings (SSSR count). The lowest BCUT2D eigenvalue weighted by Gasteiger charge is -2.35. The molecular formula is C17H25NO3. The van der Waals surface area contributed by atoms with Gasteiger partial charge in [-0.1, -0.05) is 25.0 Å². The van der Waals surface area contributed by atoms with Crippen molar-refractivity contribution in [2.75, 3.05) is 14.2 Å². The second kappa shape index (κ2) is 6.94. The van der Waals surface area contributed by atoms with Crippen LogP contribution < -0.4 is 4.74 Å². The van der Waals surface area contributed by atoms with Crippen molar-refractivity contribution >= 4 is 5.91 Å². The predicted molar refractivity (Wildman–Crippen MR) is 82.5 cm³/mol. The number of aryl methyl sites for hydroxylation is 1. The summed E-state index contributed by atoms with van der Waals surface area (Å²) in [5, 5.41) is 10.1. The number of amides is 1. The first-order valence-corrected chi connectivity index (χ1v) is 7.60. The smallest absolute Gasteiger partial charge is 0.227 e. The number of methoxy groups -OCH3 is 1. The third kappa shape index (κ3) is 3.76. The van der Waals surface area contributed by atoms with Gasteiger partial charge in [-0.15, -0.1) is 0 Å². The molecule has 116 valence electrons. The van der Waals surface area contributed by atoms with Crippen LogP contribution in [-0.4, -0.2) is 42.2 Å². The van der Waals surface area contributed by atoms with Gasteiger partial charge in [0.2, 0.25) is 5.91 Å². The van der Waals surface area contributed by atoms with E-state index in [1.54, 1.807) is 19.1 Å². The number of hydrogen-bond donors (Lipinski definition) is 1. The number of likely N-dealkylation sites (N-methyl/N-ethyl adjacent to an activating group) is 1. The summed E-state index contributed by atoms with van der Waals surface area (Å²) in [6.45, 7) is 1.98. The molecule has 1 N–H and O–H groups in total. The highest BCUT2D eigenvalue weighted by Crippen LogP contribution is 2.24. The zero-order chi connectivity index (χ0) is 15.4. The molecule has 1 aromatic rings. The van der Waals surface area contributed by atoms with Crippen molar-refractivity contribution in [3.05, 3.63) is 29.3 Å². The summed E-state index contributed by atoms with van der Waals surface area (Å²) in [6.07, 6.45) is 3.77. The van der Waals surface area contributed by atoms with Gasteiger partial charge < -0.3 is 14.7 Å². The lowest BCUT2D eigenvalue weighted by Crippen LogP contribution is -2.46. The maximum atomic E-state index is 12.4. The molecule has 2 atom stereocenters. The monoisotopic (exact) mass is 291 g/mol. The molecule has 1 aliphatic carbocycles. The Kier molecular flexibility index (Phi) is 5.23. The number of aliphatic hydroxyl groups is 1. The number of carbonyl (C=O) groups excluding carboxylic acids is 1. The zero-order valence-electron chi connectivity index (χ0n) is 13.1. The lowest BCUT2D eigenvalue weighted by atomic mass is 9.91. The minimum Gasteiger partial charge on any atom is -0.496 e. The first-order chi connectivity index (χ1) is 10.0. The molecule has 1 aromatic carbocycles. The molecule has 1 saturated carbocycles. The summed E-state index contributed by atoms with van der Waals surface area (Å²) in [7, 11) is 3.44. The van der Waals surface area contributed by atoms with E-state index in [2.05, 4.69) is 0 Å². The fraction of sp³-hybridized carbons (Fsp3) is 0.588. The number of hydrogen-bond acceptors (Lipinski definition) is 3. The van der Waals surface area contributed by atoms with Gasteiger partial charge in [-0.3, -0.25) is 4.79 Å². The molecule has 4 heteroatoms. The molecule has 1 amide bonds. The fourth-order valence-corrected chi connectivity index (χ4v) is 3.00. The van der Waals surface area contributed by atoms with E-state index in [-0.39, 0.29) is 18.1 Å². The Hall–Kier alpha value is -1.55. The van der Waals surface area contributed by atoms with Crippen LogP contribution in [0.5, 0.6) is 5.75 Å². The molecule has 1 aliphatic rings. The molecule has 0 radical (unpaired) electrons. The molecule has 0 aliphatic heterocycles. The molecule has 0 aromatic heterocycles. The molecule has 4 nitrogen and oxygen atoms in total. The standard InChI is InChI=1S/C17H25NO3/c1-12-8-9-13(10-16(12)21-3)11-17(20)18(2)14-6-4-5-7-15(14)19/h8-10,14-15,19H,4-7,11H2,1-3H3. The lowest BCUT2D eigenvalue weighted by molar-refractivity contribution is -0.134. The van der Waals surface area contributed by atoms with E-state index in [0.717, 1.165) is 42.6 Å². The third-order valence-corrected chi connectivity index (χ3v) is 4.41. The topological polar surface area (TPSA) is 49.8 Å². The zero-order valence-corrected chi connectivity index (χ0v) is 13.1. The van der Waals surface area contributed by atoms with Crippen LogP contribution in [0.1, 0.15) is 36.8 Å². The highest BCUT2D eigenvalue weighted by Gasteiger charge is 2.29. The van der Waals surface area contributed by atoms with Crippen LogP contribution in [0.2, 0.25) is 0 Å². The van der Waals surface area contributed by atoms with Crippen molar-refractivity contribution < 1.29 is 14.6 Å². The van der Waals surface area contributed by atoms with Crippen LogP contribution in [0.4, 0.5) is 0 Å². The van der Waals surface area contributed by atoms with Crippen molar-refractivity contribution in [1.29, 1.82) is 0 Å². The number of nitrogens with zero attached hydrogens (tertiary/aromatic N) is 1. The highest BCUT2D eigenvalue weighted by atomic mass is 16.5. The Labute approximate surface area is 126 Å². The number of rotatable bonds is 4. The van der Waals surface area contributed by atoms with Gasteiger partial charge >= 0.3 is 0 Å². The Morgan fingerprint density at radius 3 is 2.76 bits per heavy atom. The molecule has 0 saturated heterocycles. The van der Waals surface area contributed by atoms with Crippen molar-refractivity contribution in [1.82, 2.24) is 4.90 Å². The average molecular weight is 291 g/mol. The third-order valence-electron chi connectivity index (χ3n) is 4.41. The largest absolute Gasteiger partial charge is 0.496 e. The Bertz CT molecular complexity index is 501. The number of aliphatic hydroxyl groups excluding tert-OH is 1. The van der Waals surface area contributed by atoms with Crippen LogP contribution in [0.15, 0.2) is 18.2 Å². The summed E-state index contributed by atoms with van der Waals surface area (Å²) < 4.78 is 5.30. The molecule has 0 bridgehead atoms. The van der Waals surface area contributed by atoms with Gasteiger partial charge in [-0.25, -0.2) is 0 Å².